The molecule has 0 aromatic heterocycles. The van der Waals surface area contributed by atoms with E-state index in [4.69, 9.17) is 5.26 Å². The minimum Gasteiger partial charge on any atom is -0.320 e. The maximum Gasteiger partial charge on any atom is 0.262 e. The van der Waals surface area contributed by atoms with E-state index in [0.717, 1.165) is 0 Å². The van der Waals surface area contributed by atoms with Crippen LogP contribution >= 0.6 is 15.9 Å². The standard InChI is InChI=1S/C10H7BrN2O/c1-7(11)10(14)13-9-5-3-2-4-8(9)6-12/h2-5H,1H2,(H,13,14). The van der Waals surface area contributed by atoms with E-state index in [9.17, 15) is 4.79 Å². The van der Waals surface area contributed by atoms with Gasteiger partial charge >= 0.3 is 0 Å². The van der Waals surface area contributed by atoms with Crippen LogP contribution in [0.25, 0.3) is 0 Å². The molecular formula is C10H7BrN2O. The first-order valence-corrected chi connectivity index (χ1v) is 4.59. The highest BCUT2D eigenvalue weighted by Gasteiger charge is 2.06. The van der Waals surface area contributed by atoms with Crippen LogP contribution in [0.1, 0.15) is 5.56 Å². The molecule has 0 heterocycles. The molecule has 0 aliphatic heterocycles. The number of halogens is 1. The van der Waals surface area contributed by atoms with Crippen molar-refractivity contribution in [2.75, 3.05) is 5.32 Å². The number of nitriles is 1. The van der Waals surface area contributed by atoms with Gasteiger partial charge in [-0.3, -0.25) is 4.79 Å². The van der Waals surface area contributed by atoms with E-state index in [0.29, 0.717) is 11.3 Å². The van der Waals surface area contributed by atoms with E-state index in [-0.39, 0.29) is 10.4 Å². The molecule has 1 aromatic rings. The van der Waals surface area contributed by atoms with E-state index in [2.05, 4.69) is 27.8 Å². The molecule has 0 saturated carbocycles. The van der Waals surface area contributed by atoms with Crippen molar-refractivity contribution in [2.45, 2.75) is 0 Å². The highest BCUT2D eigenvalue weighted by atomic mass is 79.9. The minimum absolute atomic E-state index is 0.227. The number of nitrogens with one attached hydrogen (secondary N) is 1. The monoisotopic (exact) mass is 250 g/mol. The van der Waals surface area contributed by atoms with Gasteiger partial charge in [-0.2, -0.15) is 5.26 Å². The fourth-order valence-electron chi connectivity index (χ4n) is 0.880. The number of carbonyl (C=O) groups is 1. The van der Waals surface area contributed by atoms with Gasteiger partial charge in [0.15, 0.2) is 0 Å². The van der Waals surface area contributed by atoms with Gasteiger partial charge in [-0.15, -0.1) is 0 Å². The molecule has 70 valence electrons. The van der Waals surface area contributed by atoms with Crippen LogP contribution in [0.2, 0.25) is 0 Å². The molecule has 0 radical (unpaired) electrons. The number of amides is 1. The van der Waals surface area contributed by atoms with Gasteiger partial charge in [-0.1, -0.05) is 18.7 Å². The lowest BCUT2D eigenvalue weighted by Crippen LogP contribution is -2.11. The summed E-state index contributed by atoms with van der Waals surface area (Å²) in [6.45, 7) is 3.43. The molecule has 1 amide bonds. The van der Waals surface area contributed by atoms with Crippen molar-refractivity contribution in [1.82, 2.24) is 0 Å². The Morgan fingerprint density at radius 3 is 2.71 bits per heavy atom. The zero-order valence-electron chi connectivity index (χ0n) is 7.25. The van der Waals surface area contributed by atoms with Crippen LogP contribution in [0.3, 0.4) is 0 Å². The number of hydrogen-bond acceptors (Lipinski definition) is 2. The molecule has 1 aromatic carbocycles. The first kappa shape index (κ1) is 10.5. The SMILES string of the molecule is C=C(Br)C(=O)Nc1ccccc1C#N. The number of carbonyl (C=O) groups excluding carboxylic acids is 1. The summed E-state index contributed by atoms with van der Waals surface area (Å²) in [4.78, 5) is 11.2. The van der Waals surface area contributed by atoms with E-state index in [1.54, 1.807) is 24.3 Å². The summed E-state index contributed by atoms with van der Waals surface area (Å²) in [5.41, 5.74) is 0.912. The van der Waals surface area contributed by atoms with E-state index in [1.165, 1.54) is 0 Å². The number of nitrogens with zero attached hydrogens (tertiary/aromatic N) is 1. The molecule has 0 unspecified atom stereocenters. The Morgan fingerprint density at radius 1 is 1.50 bits per heavy atom. The largest absolute Gasteiger partial charge is 0.320 e. The molecule has 0 spiro atoms. The molecule has 4 heteroatoms. The molecule has 0 saturated heterocycles. The van der Waals surface area contributed by atoms with Crippen molar-refractivity contribution >= 4 is 27.5 Å². The van der Waals surface area contributed by atoms with Gasteiger partial charge in [0.05, 0.1) is 15.7 Å². The van der Waals surface area contributed by atoms with Gasteiger partial charge in [-0.05, 0) is 28.1 Å². The molecule has 1 rings (SSSR count). The molecule has 0 atom stereocenters. The Hall–Kier alpha value is -1.60. The number of anilines is 1. The van der Waals surface area contributed by atoms with Crippen LogP contribution in [-0.2, 0) is 4.79 Å². The lowest BCUT2D eigenvalue weighted by molar-refractivity contribution is -0.112. The van der Waals surface area contributed by atoms with Crippen LogP contribution in [-0.4, -0.2) is 5.91 Å². The highest BCUT2D eigenvalue weighted by molar-refractivity contribution is 9.12. The Morgan fingerprint density at radius 2 is 2.14 bits per heavy atom. The highest BCUT2D eigenvalue weighted by Crippen LogP contribution is 2.15. The van der Waals surface area contributed by atoms with E-state index in [1.807, 2.05) is 6.07 Å². The molecule has 1 N–H and O–H groups in total. The summed E-state index contributed by atoms with van der Waals surface area (Å²) in [5.74, 6) is -0.354. The zero-order valence-corrected chi connectivity index (χ0v) is 8.84. The van der Waals surface area contributed by atoms with Crippen LogP contribution in [0.4, 0.5) is 5.69 Å². The summed E-state index contributed by atoms with van der Waals surface area (Å²) >= 11 is 2.95. The van der Waals surface area contributed by atoms with Gasteiger partial charge in [0, 0.05) is 0 Å². The maximum absolute atomic E-state index is 11.2. The Balaban J connectivity index is 2.93. The number of para-hydroxylation sites is 1. The predicted molar refractivity (Wildman–Crippen MR) is 57.9 cm³/mol. The Kier molecular flexibility index (Phi) is 3.43. The lowest BCUT2D eigenvalue weighted by atomic mass is 10.2. The summed E-state index contributed by atoms with van der Waals surface area (Å²) in [6, 6.07) is 8.75. The smallest absolute Gasteiger partial charge is 0.262 e. The first-order valence-electron chi connectivity index (χ1n) is 3.80. The van der Waals surface area contributed by atoms with Crippen LogP contribution in [0, 0.1) is 11.3 Å². The average Bonchev–Trinajstić information content (AvgIpc) is 2.18. The Labute approximate surface area is 90.2 Å². The number of benzene rings is 1. The van der Waals surface area contributed by atoms with E-state index >= 15 is 0 Å². The second-order valence-corrected chi connectivity index (χ2v) is 3.47. The number of rotatable bonds is 2. The maximum atomic E-state index is 11.2. The third-order valence-electron chi connectivity index (χ3n) is 1.54. The van der Waals surface area contributed by atoms with Gasteiger partial charge < -0.3 is 5.32 Å². The third-order valence-corrected chi connectivity index (χ3v) is 1.90. The van der Waals surface area contributed by atoms with Crippen molar-refractivity contribution in [3.63, 3.8) is 0 Å². The second-order valence-electron chi connectivity index (χ2n) is 2.52. The topological polar surface area (TPSA) is 52.9 Å². The van der Waals surface area contributed by atoms with Crippen LogP contribution in [0.5, 0.6) is 0 Å². The molecule has 0 aliphatic rings. The summed E-state index contributed by atoms with van der Waals surface area (Å²) in [6.07, 6.45) is 0. The zero-order chi connectivity index (χ0) is 10.6. The fourth-order valence-corrected chi connectivity index (χ4v) is 0.979. The average molecular weight is 251 g/mol. The van der Waals surface area contributed by atoms with Crippen molar-refractivity contribution in [3.8, 4) is 6.07 Å². The quantitative estimate of drug-likeness (QED) is 0.820. The van der Waals surface area contributed by atoms with Crippen molar-refractivity contribution in [3.05, 3.63) is 40.9 Å². The summed E-state index contributed by atoms with van der Waals surface area (Å²) in [5, 5.41) is 11.3. The lowest BCUT2D eigenvalue weighted by Gasteiger charge is -2.04. The molecule has 0 bridgehead atoms. The van der Waals surface area contributed by atoms with Crippen molar-refractivity contribution < 1.29 is 4.79 Å². The van der Waals surface area contributed by atoms with Gasteiger partial charge in [0.2, 0.25) is 0 Å². The van der Waals surface area contributed by atoms with Crippen molar-refractivity contribution in [1.29, 1.82) is 5.26 Å². The number of hydrogen-bond donors (Lipinski definition) is 1. The van der Waals surface area contributed by atoms with Gasteiger partial charge in [-0.25, -0.2) is 0 Å². The minimum atomic E-state index is -0.354. The first-order chi connectivity index (χ1) is 6.65. The summed E-state index contributed by atoms with van der Waals surface area (Å²) in [7, 11) is 0. The van der Waals surface area contributed by atoms with Crippen LogP contribution in [0.15, 0.2) is 35.3 Å². The van der Waals surface area contributed by atoms with E-state index < -0.39 is 0 Å². The molecule has 0 aliphatic carbocycles. The van der Waals surface area contributed by atoms with Gasteiger partial charge in [0.25, 0.3) is 5.91 Å². The van der Waals surface area contributed by atoms with Gasteiger partial charge in [0.1, 0.15) is 6.07 Å². The predicted octanol–water partition coefficient (Wildman–Crippen LogP) is 2.41. The molecular weight excluding hydrogens is 244 g/mol. The fraction of sp³-hybridized carbons (Fsp3) is 0. The molecule has 14 heavy (non-hydrogen) atoms. The molecule has 0 fully saturated rings. The Bertz CT molecular complexity index is 420. The second kappa shape index (κ2) is 4.58. The van der Waals surface area contributed by atoms with Crippen molar-refractivity contribution in [2.24, 2.45) is 0 Å². The molecule has 3 nitrogen and oxygen atoms in total. The van der Waals surface area contributed by atoms with Crippen LogP contribution < -0.4 is 5.32 Å². The third kappa shape index (κ3) is 2.44. The summed E-state index contributed by atoms with van der Waals surface area (Å²) < 4.78 is 0.227. The normalized spacial score (nSPS) is 8.86.